The number of carbonyl (C=O) groups excluding carboxylic acids is 4. The molecule has 62 heavy (non-hydrogen) atoms. The molecule has 0 amide bonds. The average molecular weight is 827 g/mol. The van der Waals surface area contributed by atoms with Gasteiger partial charge in [-0.2, -0.15) is 0 Å². The monoisotopic (exact) mass is 826 g/mol. The predicted octanol–water partition coefficient (Wildman–Crippen LogP) is 9.69. The summed E-state index contributed by atoms with van der Waals surface area (Å²) in [7, 11) is 0. The first-order chi connectivity index (χ1) is 29.1. The van der Waals surface area contributed by atoms with Gasteiger partial charge in [0.15, 0.2) is 12.6 Å². The summed E-state index contributed by atoms with van der Waals surface area (Å²) >= 11 is 0. The van der Waals surface area contributed by atoms with Crippen molar-refractivity contribution in [2.75, 3.05) is 0 Å². The van der Waals surface area contributed by atoms with Gasteiger partial charge in [0.25, 0.3) is 0 Å². The Kier molecular flexibility index (Phi) is 11.2. The van der Waals surface area contributed by atoms with Crippen LogP contribution in [0.15, 0.2) is 72.8 Å². The minimum absolute atomic E-state index is 0.393. The van der Waals surface area contributed by atoms with E-state index < -0.39 is 34.0 Å². The van der Waals surface area contributed by atoms with Crippen LogP contribution in [0.3, 0.4) is 0 Å². The molecule has 0 atom stereocenters. The molecular weight excluding hydrogens is 777 g/mol. The van der Waals surface area contributed by atoms with Gasteiger partial charge < -0.3 is 19.4 Å². The second-order valence-electron chi connectivity index (χ2n) is 19.1. The summed E-state index contributed by atoms with van der Waals surface area (Å²) in [6.45, 7) is 19.3. The van der Waals surface area contributed by atoms with Crippen LogP contribution in [0.1, 0.15) is 156 Å². The van der Waals surface area contributed by atoms with Gasteiger partial charge in [-0.05, 0) is 114 Å². The van der Waals surface area contributed by atoms with Gasteiger partial charge in [-0.25, -0.2) is 9.59 Å². The van der Waals surface area contributed by atoms with Crippen LogP contribution in [-0.4, -0.2) is 55.6 Å². The predicted molar refractivity (Wildman–Crippen MR) is 240 cm³/mol. The Morgan fingerprint density at radius 1 is 0.565 bits per heavy atom. The Morgan fingerprint density at radius 2 is 0.919 bits per heavy atom. The fraction of sp³-hybridized carbons (Fsp3) is 0.308. The number of hydrogen-bond acceptors (Lipinski definition) is 8. The summed E-state index contributed by atoms with van der Waals surface area (Å²) in [5.74, 6) is 12.0. The first kappa shape index (κ1) is 43.1. The highest BCUT2D eigenvalue weighted by atomic mass is 16.6. The molecule has 2 aromatic carbocycles. The largest absolute Gasteiger partial charge is 0.456 e. The maximum absolute atomic E-state index is 12.9. The van der Waals surface area contributed by atoms with Crippen molar-refractivity contribution in [1.82, 2.24) is 19.9 Å². The molecule has 10 heteroatoms. The molecule has 8 bridgehead atoms. The molecule has 10 nitrogen and oxygen atoms in total. The van der Waals surface area contributed by atoms with Gasteiger partial charge in [0, 0.05) is 57.6 Å². The Labute approximate surface area is 361 Å². The number of hydrogen-bond donors (Lipinski definition) is 2. The number of aldehydes is 2. The van der Waals surface area contributed by atoms with Gasteiger partial charge in [-0.15, -0.1) is 0 Å². The van der Waals surface area contributed by atoms with Crippen LogP contribution in [-0.2, 0) is 33.1 Å². The third kappa shape index (κ3) is 9.46. The number of rotatable bonds is 4. The molecule has 314 valence electrons. The second kappa shape index (κ2) is 16.1. The summed E-state index contributed by atoms with van der Waals surface area (Å²) in [6, 6.07) is 21.4. The van der Waals surface area contributed by atoms with Gasteiger partial charge in [0.05, 0.1) is 55.4 Å². The fourth-order valence-corrected chi connectivity index (χ4v) is 7.40. The van der Waals surface area contributed by atoms with Gasteiger partial charge in [0.2, 0.25) is 0 Å². The van der Waals surface area contributed by atoms with E-state index in [2.05, 4.69) is 61.3 Å². The number of fused-ring (bicyclic) bond motifs is 8. The molecule has 7 rings (SSSR count). The standard InChI is InChI=1S/C52H50N4O6/c1-49(2,3)61-47(59)33-17-11-31(12-18-33)15-21-37-39(29-57)41-23-35-27-52(9,10)46(54-35)26-44-38(22-16-32-13-19-34(20-14-32)48(60)62-50(4,5)6)40(30-58)42(56-44)24-36-28-51(7,8)45(53-36)25-43(37)55-41/h11-14,17-20,23-26,29-30,55-56H,27-28H2,1-10H3. The molecule has 0 unspecified atom stereocenters. The van der Waals surface area contributed by atoms with Crippen molar-refractivity contribution in [1.29, 1.82) is 0 Å². The van der Waals surface area contributed by atoms with Crippen LogP contribution in [0.4, 0.5) is 0 Å². The van der Waals surface area contributed by atoms with Crippen molar-refractivity contribution in [3.63, 3.8) is 0 Å². The molecule has 2 aliphatic heterocycles. The summed E-state index contributed by atoms with van der Waals surface area (Å²) < 4.78 is 11.0. The Hall–Kier alpha value is -7.04. The average Bonchev–Trinajstić information content (AvgIpc) is 3.86. The zero-order valence-corrected chi connectivity index (χ0v) is 36.8. The number of aromatic amines is 2. The lowest BCUT2D eigenvalue weighted by Gasteiger charge is -2.19. The van der Waals surface area contributed by atoms with Gasteiger partial charge in [-0.3, -0.25) is 19.6 Å². The van der Waals surface area contributed by atoms with Crippen LogP contribution in [0.2, 0.25) is 0 Å². The van der Waals surface area contributed by atoms with Crippen LogP contribution in [0.5, 0.6) is 0 Å². The van der Waals surface area contributed by atoms with Crippen molar-refractivity contribution in [2.45, 2.75) is 104 Å². The van der Waals surface area contributed by atoms with Crippen LogP contribution in [0.25, 0.3) is 22.1 Å². The summed E-state index contributed by atoms with van der Waals surface area (Å²) in [6.07, 6.45) is 2.77. The smallest absolute Gasteiger partial charge is 0.338 e. The Bertz CT molecular complexity index is 2740. The molecule has 0 saturated carbocycles. The first-order valence-corrected chi connectivity index (χ1v) is 20.5. The molecule has 0 saturated heterocycles. The molecule has 5 heterocycles. The van der Waals surface area contributed by atoms with E-state index in [0.717, 1.165) is 35.3 Å². The number of carbonyl (C=O) groups is 4. The highest BCUT2D eigenvalue weighted by molar-refractivity contribution is 5.97. The maximum atomic E-state index is 12.9. The molecule has 0 aliphatic carbocycles. The number of nitrogens with zero attached hydrogens (tertiary/aromatic N) is 2. The number of ether oxygens (including phenoxy) is 2. The molecular formula is C52H50N4O6. The Balaban J connectivity index is 1.40. The molecule has 2 aliphatic rings. The van der Waals surface area contributed by atoms with E-state index in [0.29, 0.717) is 79.4 Å². The molecule has 3 aromatic heterocycles. The van der Waals surface area contributed by atoms with E-state index in [-0.39, 0.29) is 0 Å². The molecule has 0 spiro atoms. The molecule has 5 aromatic rings. The minimum atomic E-state index is -0.620. The summed E-state index contributed by atoms with van der Waals surface area (Å²) in [5, 5.41) is 0. The fourth-order valence-electron chi connectivity index (χ4n) is 7.40. The number of benzene rings is 2. The number of nitrogens with one attached hydrogen (secondary N) is 2. The third-order valence-electron chi connectivity index (χ3n) is 10.5. The van der Waals surface area contributed by atoms with E-state index in [1.807, 2.05) is 65.8 Å². The number of H-pyrrole nitrogens is 2. The highest BCUT2D eigenvalue weighted by Gasteiger charge is 2.31. The second-order valence-corrected chi connectivity index (χ2v) is 19.1. The molecule has 0 fully saturated rings. The van der Waals surface area contributed by atoms with E-state index >= 15 is 0 Å². The quantitative estimate of drug-likeness (QED) is 0.104. The lowest BCUT2D eigenvalue weighted by Crippen LogP contribution is -2.23. The van der Waals surface area contributed by atoms with Crippen molar-refractivity contribution < 1.29 is 28.7 Å². The third-order valence-corrected chi connectivity index (χ3v) is 10.5. The normalized spacial score (nSPS) is 14.1. The zero-order chi connectivity index (χ0) is 44.8. The van der Waals surface area contributed by atoms with Crippen molar-refractivity contribution in [2.24, 2.45) is 0 Å². The van der Waals surface area contributed by atoms with E-state index in [1.165, 1.54) is 0 Å². The van der Waals surface area contributed by atoms with E-state index in [4.69, 9.17) is 19.4 Å². The van der Waals surface area contributed by atoms with Crippen LogP contribution < -0.4 is 0 Å². The number of esters is 2. The van der Waals surface area contributed by atoms with E-state index in [9.17, 15) is 19.2 Å². The molecule has 2 N–H and O–H groups in total. The number of aromatic nitrogens is 4. The Morgan fingerprint density at radius 3 is 1.24 bits per heavy atom. The summed E-state index contributed by atoms with van der Waals surface area (Å²) in [5.41, 5.74) is 7.29. The SMILES string of the molecule is CC(C)(C)OC(=O)c1ccc(C#Cc2c(C=O)c3cc4nc(cc5[nH]c(cc6nc(cc2[nH]3)C(C)(C)C6)c(C=O)c5C#Cc2ccc(C(=O)OC(C)(C)C)cc2)C(C)(C)C4)cc1. The van der Waals surface area contributed by atoms with Crippen molar-refractivity contribution in [3.05, 3.63) is 140 Å². The molecule has 0 radical (unpaired) electrons. The van der Waals surface area contributed by atoms with Crippen molar-refractivity contribution in [3.8, 4) is 23.7 Å². The topological polar surface area (TPSA) is 144 Å². The van der Waals surface area contributed by atoms with E-state index in [1.54, 1.807) is 48.5 Å². The van der Waals surface area contributed by atoms with Crippen molar-refractivity contribution >= 4 is 46.6 Å². The van der Waals surface area contributed by atoms with Gasteiger partial charge in [-0.1, -0.05) is 51.4 Å². The van der Waals surface area contributed by atoms with Gasteiger partial charge in [0.1, 0.15) is 11.2 Å². The van der Waals surface area contributed by atoms with Gasteiger partial charge >= 0.3 is 11.9 Å². The lowest BCUT2D eigenvalue weighted by molar-refractivity contribution is 0.00570. The zero-order valence-electron chi connectivity index (χ0n) is 36.8. The maximum Gasteiger partial charge on any atom is 0.338 e. The lowest BCUT2D eigenvalue weighted by atomic mass is 9.86. The minimum Gasteiger partial charge on any atom is -0.456 e. The first-order valence-electron chi connectivity index (χ1n) is 20.5. The summed E-state index contributed by atoms with van der Waals surface area (Å²) in [4.78, 5) is 68.2. The van der Waals surface area contributed by atoms with Crippen LogP contribution >= 0.6 is 0 Å². The van der Waals surface area contributed by atoms with Crippen LogP contribution in [0, 0.1) is 23.7 Å². The highest BCUT2D eigenvalue weighted by Crippen LogP contribution is 2.35.